The molecule has 1 aromatic carbocycles. The molecule has 0 aliphatic rings. The van der Waals surface area contributed by atoms with Gasteiger partial charge in [0.25, 0.3) is 5.91 Å². The number of rotatable bonds is 3. The van der Waals surface area contributed by atoms with E-state index < -0.39 is 17.6 Å². The summed E-state index contributed by atoms with van der Waals surface area (Å²) >= 11 is 2.98. The van der Waals surface area contributed by atoms with Crippen molar-refractivity contribution in [2.75, 3.05) is 13.1 Å². The topological polar surface area (TPSA) is 20.3 Å². The second-order valence-corrected chi connectivity index (χ2v) is 4.58. The lowest BCUT2D eigenvalue weighted by Gasteiger charge is -2.21. The Labute approximate surface area is 112 Å². The fourth-order valence-electron chi connectivity index (χ4n) is 1.62. The fourth-order valence-corrected chi connectivity index (χ4v) is 1.98. The quantitative estimate of drug-likeness (QED) is 0.824. The zero-order valence-corrected chi connectivity index (χ0v) is 11.6. The third kappa shape index (κ3) is 3.25. The summed E-state index contributed by atoms with van der Waals surface area (Å²) in [7, 11) is 0. The highest BCUT2D eigenvalue weighted by atomic mass is 79.9. The van der Waals surface area contributed by atoms with Gasteiger partial charge in [0.1, 0.15) is 0 Å². The largest absolute Gasteiger partial charge is 0.417 e. The maximum atomic E-state index is 12.9. The minimum Gasteiger partial charge on any atom is -0.339 e. The number of benzene rings is 1. The molecule has 0 bridgehead atoms. The van der Waals surface area contributed by atoms with E-state index in [9.17, 15) is 18.0 Å². The van der Waals surface area contributed by atoms with E-state index in [4.69, 9.17) is 0 Å². The second kappa shape index (κ2) is 5.73. The maximum Gasteiger partial charge on any atom is 0.417 e. The smallest absolute Gasteiger partial charge is 0.339 e. The van der Waals surface area contributed by atoms with E-state index in [0.29, 0.717) is 17.6 Å². The van der Waals surface area contributed by atoms with Crippen LogP contribution in [0.15, 0.2) is 22.7 Å². The number of amides is 1. The summed E-state index contributed by atoms with van der Waals surface area (Å²) in [5.41, 5.74) is -1.22. The molecule has 0 unspecified atom stereocenters. The van der Waals surface area contributed by atoms with Gasteiger partial charge in [0.15, 0.2) is 0 Å². The molecule has 0 aromatic heterocycles. The molecule has 0 heterocycles. The third-order valence-electron chi connectivity index (χ3n) is 2.57. The molecule has 0 saturated carbocycles. The summed E-state index contributed by atoms with van der Waals surface area (Å²) in [4.78, 5) is 13.4. The first-order valence-corrected chi connectivity index (χ1v) is 6.26. The molecule has 0 fully saturated rings. The molecule has 0 radical (unpaired) electrons. The number of alkyl halides is 3. The molecule has 0 spiro atoms. The third-order valence-corrected chi connectivity index (χ3v) is 3.06. The lowest BCUT2D eigenvalue weighted by Crippen LogP contribution is -2.32. The van der Waals surface area contributed by atoms with Crippen LogP contribution in [0, 0.1) is 0 Å². The number of nitrogens with zero attached hydrogens (tertiary/aromatic N) is 1. The molecule has 100 valence electrons. The van der Waals surface area contributed by atoms with Crippen LogP contribution >= 0.6 is 15.9 Å². The van der Waals surface area contributed by atoms with Gasteiger partial charge in [-0.05, 0) is 32.0 Å². The summed E-state index contributed by atoms with van der Waals surface area (Å²) < 4.78 is 38.9. The molecule has 0 saturated heterocycles. The normalized spacial score (nSPS) is 11.4. The molecule has 18 heavy (non-hydrogen) atoms. The first kappa shape index (κ1) is 15.0. The summed E-state index contributed by atoms with van der Waals surface area (Å²) in [5, 5.41) is 0. The Morgan fingerprint density at radius 2 is 1.83 bits per heavy atom. The van der Waals surface area contributed by atoms with Gasteiger partial charge >= 0.3 is 6.18 Å². The fraction of sp³-hybridized carbons (Fsp3) is 0.417. The maximum absolute atomic E-state index is 12.9. The molecule has 2 nitrogen and oxygen atoms in total. The average molecular weight is 324 g/mol. The van der Waals surface area contributed by atoms with Gasteiger partial charge < -0.3 is 4.90 Å². The Morgan fingerprint density at radius 3 is 2.28 bits per heavy atom. The first-order valence-electron chi connectivity index (χ1n) is 5.47. The Kier molecular flexibility index (Phi) is 4.78. The minimum absolute atomic E-state index is 0.297. The van der Waals surface area contributed by atoms with E-state index in [2.05, 4.69) is 15.9 Å². The van der Waals surface area contributed by atoms with Gasteiger partial charge in [0.05, 0.1) is 11.1 Å². The molecular formula is C12H13BrF3NO. The summed E-state index contributed by atoms with van der Waals surface area (Å²) in [6.07, 6.45) is -4.54. The van der Waals surface area contributed by atoms with Crippen molar-refractivity contribution in [3.8, 4) is 0 Å². The van der Waals surface area contributed by atoms with E-state index in [-0.39, 0.29) is 5.56 Å². The van der Waals surface area contributed by atoms with Gasteiger partial charge in [0, 0.05) is 17.6 Å². The zero-order chi connectivity index (χ0) is 13.9. The van der Waals surface area contributed by atoms with Crippen molar-refractivity contribution in [1.82, 2.24) is 4.90 Å². The van der Waals surface area contributed by atoms with Crippen LogP contribution in [0.3, 0.4) is 0 Å². The van der Waals surface area contributed by atoms with Crippen LogP contribution in [0.25, 0.3) is 0 Å². The molecule has 0 aliphatic heterocycles. The number of carbonyl (C=O) groups excluding carboxylic acids is 1. The number of hydrogen-bond donors (Lipinski definition) is 0. The van der Waals surface area contributed by atoms with Crippen molar-refractivity contribution in [1.29, 1.82) is 0 Å². The Bertz CT molecular complexity index is 441. The Hall–Kier alpha value is -1.04. The van der Waals surface area contributed by atoms with Crippen LogP contribution in [-0.4, -0.2) is 23.9 Å². The predicted octanol–water partition coefficient (Wildman–Crippen LogP) is 3.95. The van der Waals surface area contributed by atoms with Crippen molar-refractivity contribution < 1.29 is 18.0 Å². The summed E-state index contributed by atoms with van der Waals surface area (Å²) in [6, 6.07) is 3.57. The second-order valence-electron chi connectivity index (χ2n) is 3.67. The highest BCUT2D eigenvalue weighted by Crippen LogP contribution is 2.34. The van der Waals surface area contributed by atoms with Gasteiger partial charge in [-0.2, -0.15) is 13.2 Å². The van der Waals surface area contributed by atoms with Crippen molar-refractivity contribution in [3.63, 3.8) is 0 Å². The zero-order valence-electron chi connectivity index (χ0n) is 10.0. The van der Waals surface area contributed by atoms with Gasteiger partial charge in [-0.3, -0.25) is 4.79 Å². The molecule has 1 rings (SSSR count). The Morgan fingerprint density at radius 1 is 1.28 bits per heavy atom. The highest BCUT2D eigenvalue weighted by molar-refractivity contribution is 9.10. The highest BCUT2D eigenvalue weighted by Gasteiger charge is 2.36. The van der Waals surface area contributed by atoms with Gasteiger partial charge in [-0.1, -0.05) is 15.9 Å². The standard InChI is InChI=1S/C12H13BrF3NO/c1-3-17(4-2)11(18)9-6-5-8(13)7-10(9)12(14,15)16/h5-7H,3-4H2,1-2H3. The van der Waals surface area contributed by atoms with Crippen molar-refractivity contribution in [2.45, 2.75) is 20.0 Å². The van der Waals surface area contributed by atoms with Crippen LogP contribution in [0.5, 0.6) is 0 Å². The van der Waals surface area contributed by atoms with Crippen molar-refractivity contribution in [3.05, 3.63) is 33.8 Å². The average Bonchev–Trinajstić information content (AvgIpc) is 2.29. The minimum atomic E-state index is -4.54. The van der Waals surface area contributed by atoms with Crippen molar-refractivity contribution >= 4 is 21.8 Å². The lowest BCUT2D eigenvalue weighted by molar-refractivity contribution is -0.138. The molecule has 1 amide bonds. The van der Waals surface area contributed by atoms with Crippen LogP contribution in [0.2, 0.25) is 0 Å². The van der Waals surface area contributed by atoms with Crippen LogP contribution < -0.4 is 0 Å². The molecule has 1 aromatic rings. The molecule has 0 atom stereocenters. The summed E-state index contributed by atoms with van der Waals surface area (Å²) in [6.45, 7) is 4.21. The molecule has 0 aliphatic carbocycles. The monoisotopic (exact) mass is 323 g/mol. The molecular weight excluding hydrogens is 311 g/mol. The van der Waals surface area contributed by atoms with Crippen LogP contribution in [0.1, 0.15) is 29.8 Å². The van der Waals surface area contributed by atoms with E-state index in [1.165, 1.54) is 17.0 Å². The van der Waals surface area contributed by atoms with E-state index in [1.54, 1.807) is 13.8 Å². The number of hydrogen-bond acceptors (Lipinski definition) is 1. The predicted molar refractivity (Wildman–Crippen MR) is 66.4 cm³/mol. The molecule has 6 heteroatoms. The van der Waals surface area contributed by atoms with E-state index in [0.717, 1.165) is 6.07 Å². The van der Waals surface area contributed by atoms with E-state index in [1.807, 2.05) is 0 Å². The Balaban J connectivity index is 3.28. The number of carbonyl (C=O) groups is 1. The van der Waals surface area contributed by atoms with Gasteiger partial charge in [-0.25, -0.2) is 0 Å². The van der Waals surface area contributed by atoms with Crippen molar-refractivity contribution in [2.24, 2.45) is 0 Å². The van der Waals surface area contributed by atoms with Gasteiger partial charge in [-0.15, -0.1) is 0 Å². The van der Waals surface area contributed by atoms with Crippen LogP contribution in [0.4, 0.5) is 13.2 Å². The summed E-state index contributed by atoms with van der Waals surface area (Å²) in [5.74, 6) is -0.597. The number of halogens is 4. The lowest BCUT2D eigenvalue weighted by atomic mass is 10.1. The van der Waals surface area contributed by atoms with Gasteiger partial charge in [0.2, 0.25) is 0 Å². The first-order chi connectivity index (χ1) is 8.31. The molecule has 0 N–H and O–H groups in total. The SMILES string of the molecule is CCN(CC)C(=O)c1ccc(Br)cc1C(F)(F)F. The van der Waals surface area contributed by atoms with E-state index >= 15 is 0 Å². The van der Waals surface area contributed by atoms with Crippen LogP contribution in [-0.2, 0) is 6.18 Å².